The highest BCUT2D eigenvalue weighted by Crippen LogP contribution is 2.10. The lowest BCUT2D eigenvalue weighted by Crippen LogP contribution is -2.36. The number of rotatable bonds is 3. The van der Waals surface area contributed by atoms with Crippen molar-refractivity contribution >= 4 is 0 Å². The molecule has 2 unspecified atom stereocenters. The Kier molecular flexibility index (Phi) is 3.22. The van der Waals surface area contributed by atoms with Gasteiger partial charge in [-0.25, -0.2) is 0 Å². The molecular weight excluding hydrogens is 166 g/mol. The molecule has 0 aromatic heterocycles. The third kappa shape index (κ3) is 2.71. The van der Waals surface area contributed by atoms with Gasteiger partial charge in [0.05, 0.1) is 12.9 Å². The fraction of sp³-hybridized carbons (Fsp3) is 0.800. The van der Waals surface area contributed by atoms with Crippen molar-refractivity contribution in [2.24, 2.45) is 0 Å². The zero-order chi connectivity index (χ0) is 8.93. The molecule has 1 N–H and O–H groups in total. The average Bonchev–Trinajstić information content (AvgIpc) is 2.69. The lowest BCUT2D eigenvalue weighted by molar-refractivity contribution is 0.117. The fourth-order valence-corrected chi connectivity index (χ4v) is 1.73. The second-order valence-electron chi connectivity index (χ2n) is 3.68. The van der Waals surface area contributed by atoms with Crippen LogP contribution in [0, 0.1) is 0 Å². The van der Waals surface area contributed by atoms with Crippen molar-refractivity contribution in [3.8, 4) is 0 Å². The molecule has 2 atom stereocenters. The zero-order valence-electron chi connectivity index (χ0n) is 7.87. The van der Waals surface area contributed by atoms with Gasteiger partial charge in [-0.05, 0) is 25.3 Å². The molecule has 0 aromatic rings. The normalized spacial score (nSPS) is 33.2. The smallest absolute Gasteiger partial charge is 0.110 e. The summed E-state index contributed by atoms with van der Waals surface area (Å²) in [5.74, 6) is 0. The molecule has 3 nitrogen and oxygen atoms in total. The van der Waals surface area contributed by atoms with E-state index in [1.165, 1.54) is 0 Å². The first-order chi connectivity index (χ1) is 6.45. The molecule has 2 heterocycles. The van der Waals surface area contributed by atoms with Crippen molar-refractivity contribution < 1.29 is 9.47 Å². The van der Waals surface area contributed by atoms with Gasteiger partial charge in [0.15, 0.2) is 0 Å². The van der Waals surface area contributed by atoms with E-state index < -0.39 is 0 Å². The van der Waals surface area contributed by atoms with E-state index in [2.05, 4.69) is 11.4 Å². The Morgan fingerprint density at radius 2 is 2.38 bits per heavy atom. The Labute approximate surface area is 79.1 Å². The van der Waals surface area contributed by atoms with E-state index in [0.29, 0.717) is 12.1 Å². The van der Waals surface area contributed by atoms with Crippen LogP contribution in [-0.4, -0.2) is 31.9 Å². The van der Waals surface area contributed by atoms with Crippen molar-refractivity contribution in [2.75, 3.05) is 19.8 Å². The summed E-state index contributed by atoms with van der Waals surface area (Å²) in [7, 11) is 0. The highest BCUT2D eigenvalue weighted by Gasteiger charge is 2.17. The van der Waals surface area contributed by atoms with Gasteiger partial charge in [0.2, 0.25) is 0 Å². The van der Waals surface area contributed by atoms with Crippen molar-refractivity contribution in [3.63, 3.8) is 0 Å². The summed E-state index contributed by atoms with van der Waals surface area (Å²) >= 11 is 0. The molecule has 2 aliphatic heterocycles. The molecule has 0 aromatic carbocycles. The lowest BCUT2D eigenvalue weighted by atomic mass is 10.1. The van der Waals surface area contributed by atoms with Gasteiger partial charge in [0, 0.05) is 19.2 Å². The van der Waals surface area contributed by atoms with E-state index in [9.17, 15) is 0 Å². The van der Waals surface area contributed by atoms with Gasteiger partial charge in [0.1, 0.15) is 6.10 Å². The van der Waals surface area contributed by atoms with E-state index in [1.807, 2.05) is 6.26 Å². The number of hydrogen-bond acceptors (Lipinski definition) is 3. The van der Waals surface area contributed by atoms with Gasteiger partial charge in [-0.1, -0.05) is 0 Å². The maximum Gasteiger partial charge on any atom is 0.110 e. The minimum Gasteiger partial charge on any atom is -0.497 e. The van der Waals surface area contributed by atoms with Crippen LogP contribution >= 0.6 is 0 Å². The van der Waals surface area contributed by atoms with Crippen LogP contribution in [0.5, 0.6) is 0 Å². The molecule has 3 heteroatoms. The predicted octanol–water partition coefficient (Wildman–Crippen LogP) is 1.06. The predicted molar refractivity (Wildman–Crippen MR) is 50.5 cm³/mol. The molecule has 13 heavy (non-hydrogen) atoms. The Morgan fingerprint density at radius 1 is 1.38 bits per heavy atom. The SMILES string of the molecule is C1=COC(CNC2CCOC2)CC1. The molecule has 1 saturated heterocycles. The van der Waals surface area contributed by atoms with Crippen LogP contribution in [0.3, 0.4) is 0 Å². The molecule has 0 amide bonds. The summed E-state index contributed by atoms with van der Waals surface area (Å²) in [5.41, 5.74) is 0. The van der Waals surface area contributed by atoms with Gasteiger partial charge in [0.25, 0.3) is 0 Å². The van der Waals surface area contributed by atoms with Crippen molar-refractivity contribution in [1.82, 2.24) is 5.32 Å². The minimum atomic E-state index is 0.366. The summed E-state index contributed by atoms with van der Waals surface area (Å²) in [4.78, 5) is 0. The quantitative estimate of drug-likeness (QED) is 0.709. The maximum absolute atomic E-state index is 5.45. The van der Waals surface area contributed by atoms with Gasteiger partial charge in [-0.3, -0.25) is 0 Å². The van der Waals surface area contributed by atoms with Gasteiger partial charge < -0.3 is 14.8 Å². The second kappa shape index (κ2) is 4.63. The number of nitrogens with one attached hydrogen (secondary N) is 1. The van der Waals surface area contributed by atoms with E-state index >= 15 is 0 Å². The van der Waals surface area contributed by atoms with Crippen LogP contribution in [0.1, 0.15) is 19.3 Å². The summed E-state index contributed by atoms with van der Waals surface area (Å²) in [6.07, 6.45) is 7.69. The first-order valence-electron chi connectivity index (χ1n) is 5.07. The van der Waals surface area contributed by atoms with Crippen LogP contribution in [0.15, 0.2) is 12.3 Å². The molecule has 0 bridgehead atoms. The molecule has 2 rings (SSSR count). The molecule has 0 saturated carbocycles. The molecule has 2 aliphatic rings. The van der Waals surface area contributed by atoms with Crippen LogP contribution < -0.4 is 5.32 Å². The topological polar surface area (TPSA) is 30.5 Å². The highest BCUT2D eigenvalue weighted by molar-refractivity contribution is 4.84. The zero-order valence-corrected chi connectivity index (χ0v) is 7.87. The Hall–Kier alpha value is -0.540. The van der Waals surface area contributed by atoms with Crippen LogP contribution in [-0.2, 0) is 9.47 Å². The number of hydrogen-bond donors (Lipinski definition) is 1. The Balaban J connectivity index is 1.63. The van der Waals surface area contributed by atoms with E-state index in [4.69, 9.17) is 9.47 Å². The first kappa shape index (κ1) is 9.03. The van der Waals surface area contributed by atoms with Crippen LogP contribution in [0.25, 0.3) is 0 Å². The molecule has 74 valence electrons. The van der Waals surface area contributed by atoms with Gasteiger partial charge in [-0.15, -0.1) is 0 Å². The van der Waals surface area contributed by atoms with Gasteiger partial charge >= 0.3 is 0 Å². The molecule has 0 radical (unpaired) electrons. The van der Waals surface area contributed by atoms with E-state index in [0.717, 1.165) is 39.0 Å². The monoisotopic (exact) mass is 183 g/mol. The summed E-state index contributed by atoms with van der Waals surface area (Å²) in [6.45, 7) is 2.73. The summed E-state index contributed by atoms with van der Waals surface area (Å²) < 4.78 is 10.7. The van der Waals surface area contributed by atoms with E-state index in [1.54, 1.807) is 0 Å². The number of ether oxygens (including phenoxy) is 2. The van der Waals surface area contributed by atoms with Crippen molar-refractivity contribution in [2.45, 2.75) is 31.4 Å². The van der Waals surface area contributed by atoms with Crippen LogP contribution in [0.2, 0.25) is 0 Å². The molecule has 0 aliphatic carbocycles. The highest BCUT2D eigenvalue weighted by atomic mass is 16.5. The minimum absolute atomic E-state index is 0.366. The van der Waals surface area contributed by atoms with E-state index in [-0.39, 0.29) is 0 Å². The lowest BCUT2D eigenvalue weighted by Gasteiger charge is -2.21. The standard InChI is InChI=1S/C10H17NO2/c1-2-5-13-10(3-1)7-11-9-4-6-12-8-9/h2,5,9-11H,1,3-4,6-8H2. The third-order valence-corrected chi connectivity index (χ3v) is 2.59. The summed E-state index contributed by atoms with van der Waals surface area (Å²) in [5, 5.41) is 3.47. The number of allylic oxidation sites excluding steroid dienone is 1. The molecular formula is C10H17NO2. The summed E-state index contributed by atoms with van der Waals surface area (Å²) in [6, 6.07) is 0.550. The molecule has 0 spiro atoms. The molecule has 1 fully saturated rings. The maximum atomic E-state index is 5.45. The van der Waals surface area contributed by atoms with Gasteiger partial charge in [-0.2, -0.15) is 0 Å². The Morgan fingerprint density at radius 3 is 3.08 bits per heavy atom. The van der Waals surface area contributed by atoms with Crippen LogP contribution in [0.4, 0.5) is 0 Å². The largest absolute Gasteiger partial charge is 0.497 e. The van der Waals surface area contributed by atoms with Crippen molar-refractivity contribution in [3.05, 3.63) is 12.3 Å². The second-order valence-corrected chi connectivity index (χ2v) is 3.68. The third-order valence-electron chi connectivity index (χ3n) is 2.59. The first-order valence-corrected chi connectivity index (χ1v) is 5.07. The Bertz CT molecular complexity index is 176. The van der Waals surface area contributed by atoms with Crippen molar-refractivity contribution in [1.29, 1.82) is 0 Å². The fourth-order valence-electron chi connectivity index (χ4n) is 1.73. The average molecular weight is 183 g/mol.